The van der Waals surface area contributed by atoms with E-state index in [9.17, 15) is 24.9 Å². The predicted octanol–water partition coefficient (Wildman–Crippen LogP) is 0.597. The number of carbonyl (C=O) groups is 2. The Bertz CT molecular complexity index is 1350. The Kier molecular flexibility index (Phi) is 5.17. The fourth-order valence-electron chi connectivity index (χ4n) is 9.66. The van der Waals surface area contributed by atoms with Crippen molar-refractivity contribution in [2.75, 3.05) is 13.7 Å². The van der Waals surface area contributed by atoms with Crippen LogP contribution in [-0.4, -0.2) is 101 Å². The highest BCUT2D eigenvalue weighted by atomic mass is 16.8. The number of ether oxygens (including phenoxy) is 6. The number of rotatable bonds is 2. The summed E-state index contributed by atoms with van der Waals surface area (Å²) < 4.78 is 35.7. The molecule has 1 spiro atoms. The highest BCUT2D eigenvalue weighted by Crippen LogP contribution is 2.75. The van der Waals surface area contributed by atoms with E-state index in [2.05, 4.69) is 0 Å². The zero-order chi connectivity index (χ0) is 28.9. The summed E-state index contributed by atoms with van der Waals surface area (Å²) in [7, 11) is 1.51. The molecule has 4 aliphatic heterocycles. The van der Waals surface area contributed by atoms with Crippen molar-refractivity contribution in [2.45, 2.75) is 106 Å². The van der Waals surface area contributed by atoms with Gasteiger partial charge in [0.2, 0.25) is 12.1 Å². The van der Waals surface area contributed by atoms with Gasteiger partial charge >= 0.3 is 5.97 Å². The van der Waals surface area contributed by atoms with Crippen molar-refractivity contribution in [1.82, 2.24) is 0 Å². The van der Waals surface area contributed by atoms with Crippen LogP contribution in [0.4, 0.5) is 0 Å². The van der Waals surface area contributed by atoms with E-state index in [-0.39, 0.29) is 19.1 Å². The van der Waals surface area contributed by atoms with E-state index >= 15 is 0 Å². The number of methoxy groups -OCH3 is 1. The smallest absolute Gasteiger partial charge is 0.331 e. The first-order valence-electron chi connectivity index (χ1n) is 14.5. The number of aliphatic hydroxyl groups excluding tert-OH is 1. The van der Waals surface area contributed by atoms with E-state index in [1.807, 2.05) is 19.9 Å². The maximum Gasteiger partial charge on any atom is 0.331 e. The van der Waals surface area contributed by atoms with E-state index in [1.54, 1.807) is 13.0 Å². The summed E-state index contributed by atoms with van der Waals surface area (Å²) in [6, 6.07) is 0. The molecule has 0 amide bonds. The second kappa shape index (κ2) is 7.95. The maximum atomic E-state index is 14.2. The van der Waals surface area contributed by atoms with E-state index in [0.717, 1.165) is 5.57 Å². The molecular formula is C30H36O11. The molecule has 4 aliphatic carbocycles. The van der Waals surface area contributed by atoms with E-state index in [1.165, 1.54) is 13.2 Å². The van der Waals surface area contributed by atoms with Crippen LogP contribution in [0.1, 0.15) is 46.5 Å². The summed E-state index contributed by atoms with van der Waals surface area (Å²) in [6.45, 7) is 5.53. The Morgan fingerprint density at radius 2 is 1.90 bits per heavy atom. The van der Waals surface area contributed by atoms with Crippen LogP contribution < -0.4 is 0 Å². The Morgan fingerprint density at radius 3 is 2.61 bits per heavy atom. The third-order valence-corrected chi connectivity index (χ3v) is 11.7. The molecule has 222 valence electrons. The summed E-state index contributed by atoms with van der Waals surface area (Å²) in [4.78, 5) is 26.1. The molecule has 11 nitrogen and oxygen atoms in total. The molecule has 0 bridgehead atoms. The van der Waals surface area contributed by atoms with Crippen LogP contribution in [0, 0.1) is 16.7 Å². The van der Waals surface area contributed by atoms with Crippen molar-refractivity contribution in [1.29, 1.82) is 0 Å². The predicted molar refractivity (Wildman–Crippen MR) is 137 cm³/mol. The van der Waals surface area contributed by atoms with Crippen LogP contribution in [0.2, 0.25) is 0 Å². The number of aliphatic hydroxyl groups is 3. The lowest BCUT2D eigenvalue weighted by Crippen LogP contribution is -2.75. The summed E-state index contributed by atoms with van der Waals surface area (Å²) in [6.07, 6.45) is 1.56. The molecule has 0 aromatic rings. The summed E-state index contributed by atoms with van der Waals surface area (Å²) in [5.74, 6) is -3.60. The molecule has 0 radical (unpaired) electrons. The standard InChI is InChI=1S/C30H36O11/c1-13-7-20(36-4)30(35)25(38-13)39-17-9-15-10-19-29(41-19)23(26(15,2)11-18(17)40-30)22(32)24(33)27(3)16(5-6-28(27,29)34)14-8-21(31)37-12-14/h5,8-9,13,17-20,22-23,25,32,34-35H,6-7,10-12H2,1-4H3. The SMILES string of the molecule is COC1CC(C)OC2OC3C=C4CC5OC56C(C(O)C(=O)C5(C)C(C7=CC(=O)OC7)=CCC56O)C4(C)CC3OC12O. The van der Waals surface area contributed by atoms with E-state index in [4.69, 9.17) is 28.4 Å². The van der Waals surface area contributed by atoms with Gasteiger partial charge in [0.15, 0.2) is 5.78 Å². The van der Waals surface area contributed by atoms with Gasteiger partial charge in [-0.3, -0.25) is 4.79 Å². The minimum absolute atomic E-state index is 0.0142. The van der Waals surface area contributed by atoms with Crippen LogP contribution in [0.25, 0.3) is 0 Å². The van der Waals surface area contributed by atoms with Gasteiger partial charge in [-0.1, -0.05) is 24.6 Å². The normalized spacial score (nSPS) is 56.6. The van der Waals surface area contributed by atoms with Crippen LogP contribution >= 0.6 is 0 Å². The van der Waals surface area contributed by atoms with E-state index in [0.29, 0.717) is 30.4 Å². The van der Waals surface area contributed by atoms with Gasteiger partial charge in [0.25, 0.3) is 0 Å². The van der Waals surface area contributed by atoms with Gasteiger partial charge < -0.3 is 43.7 Å². The number of esters is 1. The zero-order valence-electron chi connectivity index (χ0n) is 23.5. The molecule has 0 aromatic carbocycles. The zero-order valence-corrected chi connectivity index (χ0v) is 23.5. The molecule has 8 rings (SSSR count). The first-order valence-corrected chi connectivity index (χ1v) is 14.5. The van der Waals surface area contributed by atoms with Crippen molar-refractivity contribution in [3.05, 3.63) is 34.9 Å². The lowest BCUT2D eigenvalue weighted by atomic mass is 9.43. The van der Waals surface area contributed by atoms with Crippen molar-refractivity contribution in [2.24, 2.45) is 16.7 Å². The first-order chi connectivity index (χ1) is 19.3. The van der Waals surface area contributed by atoms with Crippen molar-refractivity contribution < 1.29 is 53.3 Å². The minimum atomic E-state index is -1.83. The maximum absolute atomic E-state index is 14.2. The van der Waals surface area contributed by atoms with Crippen LogP contribution in [-0.2, 0) is 38.0 Å². The average molecular weight is 573 g/mol. The average Bonchev–Trinajstić information content (AvgIpc) is 3.36. The van der Waals surface area contributed by atoms with Crippen molar-refractivity contribution in [3.8, 4) is 0 Å². The fourth-order valence-corrected chi connectivity index (χ4v) is 9.66. The number of ketones is 1. The molecule has 4 heterocycles. The summed E-state index contributed by atoms with van der Waals surface area (Å²) in [5, 5.41) is 36.0. The lowest BCUT2D eigenvalue weighted by molar-refractivity contribution is -0.450. The lowest BCUT2D eigenvalue weighted by Gasteiger charge is -2.62. The number of hydrogen-bond donors (Lipinski definition) is 3. The summed E-state index contributed by atoms with van der Waals surface area (Å²) >= 11 is 0. The van der Waals surface area contributed by atoms with Gasteiger partial charge in [0.05, 0.1) is 23.7 Å². The fraction of sp³-hybridized carbons (Fsp3) is 0.733. The monoisotopic (exact) mass is 572 g/mol. The van der Waals surface area contributed by atoms with Crippen LogP contribution in [0.15, 0.2) is 34.9 Å². The molecule has 3 saturated heterocycles. The quantitative estimate of drug-likeness (QED) is 0.242. The van der Waals surface area contributed by atoms with Crippen molar-refractivity contribution in [3.63, 3.8) is 0 Å². The van der Waals surface area contributed by atoms with Gasteiger partial charge in [0, 0.05) is 31.1 Å². The molecule has 11 heteroatoms. The third-order valence-electron chi connectivity index (χ3n) is 11.7. The number of epoxide rings is 1. The van der Waals surface area contributed by atoms with Crippen LogP contribution in [0.3, 0.4) is 0 Å². The number of fused-ring (bicyclic) bond motifs is 5. The molecule has 5 fully saturated rings. The van der Waals surface area contributed by atoms with Gasteiger partial charge in [-0.05, 0) is 44.1 Å². The highest BCUT2D eigenvalue weighted by molar-refractivity contribution is 5.98. The molecule has 0 aromatic heterocycles. The number of carbonyl (C=O) groups excluding carboxylic acids is 2. The number of cyclic esters (lactones) is 1. The molecule has 8 aliphatic rings. The molecule has 41 heavy (non-hydrogen) atoms. The third kappa shape index (κ3) is 2.92. The first kappa shape index (κ1) is 26.7. The Morgan fingerprint density at radius 1 is 1.12 bits per heavy atom. The molecule has 3 N–H and O–H groups in total. The Hall–Kier alpha value is -1.96. The van der Waals surface area contributed by atoms with Crippen LogP contribution in [0.5, 0.6) is 0 Å². The Balaban J connectivity index is 1.18. The molecular weight excluding hydrogens is 536 g/mol. The largest absolute Gasteiger partial charge is 0.458 e. The second-order valence-corrected chi connectivity index (χ2v) is 13.5. The van der Waals surface area contributed by atoms with Gasteiger partial charge in [-0.2, -0.15) is 0 Å². The van der Waals surface area contributed by atoms with Gasteiger partial charge in [-0.25, -0.2) is 4.79 Å². The molecule has 13 atom stereocenters. The number of hydrogen-bond acceptors (Lipinski definition) is 11. The van der Waals surface area contributed by atoms with Crippen molar-refractivity contribution >= 4 is 11.8 Å². The topological polar surface area (TPSA) is 154 Å². The summed E-state index contributed by atoms with van der Waals surface area (Å²) in [5.41, 5.74) is -3.11. The number of Topliss-reactive ketones (excluding diaryl/α,β-unsaturated/α-hetero) is 1. The van der Waals surface area contributed by atoms with Gasteiger partial charge in [-0.15, -0.1) is 0 Å². The molecule has 2 saturated carbocycles. The second-order valence-electron chi connectivity index (χ2n) is 13.5. The Labute approximate surface area is 237 Å². The van der Waals surface area contributed by atoms with Gasteiger partial charge in [0.1, 0.15) is 36.1 Å². The highest BCUT2D eigenvalue weighted by Gasteiger charge is 2.87. The molecule has 13 unspecified atom stereocenters. The van der Waals surface area contributed by atoms with E-state index < -0.39 is 82.3 Å². The minimum Gasteiger partial charge on any atom is -0.458 e.